The Hall–Kier alpha value is -1.35. The fraction of sp³-hybridized carbons (Fsp3) is 0.182. The molecule has 1 aromatic carbocycles. The summed E-state index contributed by atoms with van der Waals surface area (Å²) >= 11 is 1.64. The smallest absolute Gasteiger partial charge is 0.0811 e. The van der Waals surface area contributed by atoms with Gasteiger partial charge in [-0.05, 0) is 24.1 Å². The second-order valence-corrected chi connectivity index (χ2v) is 4.14. The van der Waals surface area contributed by atoms with E-state index in [4.69, 9.17) is 0 Å². The molecule has 0 bridgehead atoms. The summed E-state index contributed by atoms with van der Waals surface area (Å²) in [7, 11) is 0. The van der Waals surface area contributed by atoms with Crippen molar-refractivity contribution in [3.05, 3.63) is 34.7 Å². The molecule has 2 nitrogen and oxygen atoms in total. The van der Waals surface area contributed by atoms with Gasteiger partial charge in [0.1, 0.15) is 0 Å². The van der Waals surface area contributed by atoms with Gasteiger partial charge in [-0.15, -0.1) is 11.3 Å². The van der Waals surface area contributed by atoms with Gasteiger partial charge in [0.25, 0.3) is 0 Å². The molecular weight excluding hydrogens is 192 g/mol. The topological polar surface area (TPSA) is 24.9 Å². The maximum atomic E-state index is 4.31. The van der Waals surface area contributed by atoms with E-state index < -0.39 is 0 Å². The molecule has 3 rings (SSSR count). The molecule has 0 atom stereocenters. The molecule has 0 fully saturated rings. The van der Waals surface area contributed by atoms with Gasteiger partial charge >= 0.3 is 0 Å². The standard InChI is InChI=1S/C11H10N2S/c1-2-10-9(3-4-12-10)5-8(1)11-6-14-7-13-11/h1-2,5-7,12H,3-4H2. The number of benzene rings is 1. The van der Waals surface area contributed by atoms with Crippen LogP contribution in [0.4, 0.5) is 5.69 Å². The Morgan fingerprint density at radius 2 is 2.36 bits per heavy atom. The Morgan fingerprint density at radius 1 is 1.36 bits per heavy atom. The minimum Gasteiger partial charge on any atom is -0.384 e. The SMILES string of the molecule is c1nc(-c2ccc3c(c2)CCN3)cs1. The highest BCUT2D eigenvalue weighted by Crippen LogP contribution is 2.28. The van der Waals surface area contributed by atoms with Crippen LogP contribution in [-0.2, 0) is 6.42 Å². The Labute approximate surface area is 86.6 Å². The summed E-state index contributed by atoms with van der Waals surface area (Å²) in [4.78, 5) is 4.31. The molecule has 1 aromatic heterocycles. The molecular formula is C11H10N2S. The minimum absolute atomic E-state index is 1.07. The van der Waals surface area contributed by atoms with E-state index in [0.29, 0.717) is 0 Å². The molecule has 3 heteroatoms. The summed E-state index contributed by atoms with van der Waals surface area (Å²) in [5, 5.41) is 5.44. The van der Waals surface area contributed by atoms with Gasteiger partial charge in [0.05, 0.1) is 11.2 Å². The van der Waals surface area contributed by atoms with Crippen LogP contribution in [0, 0.1) is 0 Å². The number of thiazole rings is 1. The van der Waals surface area contributed by atoms with Crippen LogP contribution in [-0.4, -0.2) is 11.5 Å². The number of rotatable bonds is 1. The quantitative estimate of drug-likeness (QED) is 0.769. The highest BCUT2D eigenvalue weighted by atomic mass is 32.1. The molecule has 14 heavy (non-hydrogen) atoms. The Morgan fingerprint density at radius 3 is 3.21 bits per heavy atom. The summed E-state index contributed by atoms with van der Waals surface area (Å²) in [5.74, 6) is 0. The number of nitrogens with one attached hydrogen (secondary N) is 1. The van der Waals surface area contributed by atoms with Gasteiger partial charge in [-0.25, -0.2) is 4.98 Å². The molecule has 1 aliphatic heterocycles. The van der Waals surface area contributed by atoms with Crippen LogP contribution in [0.2, 0.25) is 0 Å². The number of aromatic nitrogens is 1. The third-order valence-electron chi connectivity index (χ3n) is 2.54. The zero-order valence-corrected chi connectivity index (χ0v) is 8.47. The van der Waals surface area contributed by atoms with Gasteiger partial charge in [0.15, 0.2) is 0 Å². The van der Waals surface area contributed by atoms with Gasteiger partial charge in [-0.3, -0.25) is 0 Å². The monoisotopic (exact) mass is 202 g/mol. The second kappa shape index (κ2) is 3.10. The first-order chi connectivity index (χ1) is 6.93. The van der Waals surface area contributed by atoms with Crippen LogP contribution in [0.15, 0.2) is 29.1 Å². The van der Waals surface area contributed by atoms with Crippen molar-refractivity contribution >= 4 is 17.0 Å². The molecule has 0 amide bonds. The maximum absolute atomic E-state index is 4.31. The van der Waals surface area contributed by atoms with Crippen LogP contribution >= 0.6 is 11.3 Å². The lowest BCUT2D eigenvalue weighted by atomic mass is 10.1. The molecule has 2 heterocycles. The van der Waals surface area contributed by atoms with Crippen LogP contribution in [0.3, 0.4) is 0 Å². The number of hydrogen-bond donors (Lipinski definition) is 1. The number of hydrogen-bond acceptors (Lipinski definition) is 3. The van der Waals surface area contributed by atoms with Gasteiger partial charge < -0.3 is 5.32 Å². The van der Waals surface area contributed by atoms with Crippen molar-refractivity contribution in [3.63, 3.8) is 0 Å². The Balaban J connectivity index is 2.09. The zero-order chi connectivity index (χ0) is 9.38. The highest BCUT2D eigenvalue weighted by Gasteiger charge is 2.10. The molecule has 2 aromatic rings. The lowest BCUT2D eigenvalue weighted by Gasteiger charge is -2.01. The molecule has 1 N–H and O–H groups in total. The molecule has 1 aliphatic rings. The molecule has 70 valence electrons. The van der Waals surface area contributed by atoms with Crippen LogP contribution in [0.1, 0.15) is 5.56 Å². The van der Waals surface area contributed by atoms with Gasteiger partial charge in [0.2, 0.25) is 0 Å². The normalized spacial score (nSPS) is 13.7. The zero-order valence-electron chi connectivity index (χ0n) is 7.66. The predicted octanol–water partition coefficient (Wildman–Crippen LogP) is 2.78. The third-order valence-corrected chi connectivity index (χ3v) is 3.13. The van der Waals surface area contributed by atoms with Crippen molar-refractivity contribution in [2.45, 2.75) is 6.42 Å². The largest absolute Gasteiger partial charge is 0.384 e. The highest BCUT2D eigenvalue weighted by molar-refractivity contribution is 7.07. The van der Waals surface area contributed by atoms with Crippen LogP contribution in [0.25, 0.3) is 11.3 Å². The average molecular weight is 202 g/mol. The average Bonchev–Trinajstić information content (AvgIpc) is 2.88. The molecule has 0 unspecified atom stereocenters. The number of anilines is 1. The van der Waals surface area contributed by atoms with E-state index in [0.717, 1.165) is 18.7 Å². The van der Waals surface area contributed by atoms with Crippen LogP contribution < -0.4 is 5.32 Å². The Kier molecular flexibility index (Phi) is 1.77. The van der Waals surface area contributed by atoms with Crippen molar-refractivity contribution in [2.75, 3.05) is 11.9 Å². The summed E-state index contributed by atoms with van der Waals surface area (Å²) in [6, 6.07) is 6.52. The fourth-order valence-corrected chi connectivity index (χ4v) is 2.38. The van der Waals surface area contributed by atoms with E-state index in [9.17, 15) is 0 Å². The molecule has 0 radical (unpaired) electrons. The van der Waals surface area contributed by atoms with E-state index in [2.05, 4.69) is 33.9 Å². The van der Waals surface area contributed by atoms with Crippen molar-refractivity contribution in [1.82, 2.24) is 4.98 Å². The Bertz CT molecular complexity index is 448. The van der Waals surface area contributed by atoms with Crippen LogP contribution in [0.5, 0.6) is 0 Å². The first kappa shape index (κ1) is 8.00. The summed E-state index contributed by atoms with van der Waals surface area (Å²) in [6.45, 7) is 1.07. The summed E-state index contributed by atoms with van der Waals surface area (Å²) < 4.78 is 0. The van der Waals surface area contributed by atoms with E-state index >= 15 is 0 Å². The molecule has 0 aliphatic carbocycles. The fourth-order valence-electron chi connectivity index (χ4n) is 1.82. The molecule has 0 spiro atoms. The van der Waals surface area contributed by atoms with E-state index in [1.54, 1.807) is 11.3 Å². The minimum atomic E-state index is 1.07. The first-order valence-electron chi connectivity index (χ1n) is 4.69. The number of fused-ring (bicyclic) bond motifs is 1. The predicted molar refractivity (Wildman–Crippen MR) is 59.7 cm³/mol. The van der Waals surface area contributed by atoms with Crippen molar-refractivity contribution < 1.29 is 0 Å². The summed E-state index contributed by atoms with van der Waals surface area (Å²) in [5.41, 5.74) is 6.89. The van der Waals surface area contributed by atoms with Crippen molar-refractivity contribution in [2.24, 2.45) is 0 Å². The van der Waals surface area contributed by atoms with E-state index in [1.807, 2.05) is 5.51 Å². The molecule has 0 saturated heterocycles. The molecule has 0 saturated carbocycles. The number of nitrogens with zero attached hydrogens (tertiary/aromatic N) is 1. The van der Waals surface area contributed by atoms with Gasteiger partial charge in [-0.1, -0.05) is 6.07 Å². The third kappa shape index (κ3) is 1.21. The lowest BCUT2D eigenvalue weighted by molar-refractivity contribution is 1.11. The van der Waals surface area contributed by atoms with Gasteiger partial charge in [0, 0.05) is 23.2 Å². The van der Waals surface area contributed by atoms with E-state index in [1.165, 1.54) is 16.8 Å². The van der Waals surface area contributed by atoms with Crippen molar-refractivity contribution in [1.29, 1.82) is 0 Å². The first-order valence-corrected chi connectivity index (χ1v) is 5.63. The van der Waals surface area contributed by atoms with Gasteiger partial charge in [-0.2, -0.15) is 0 Å². The second-order valence-electron chi connectivity index (χ2n) is 3.42. The summed E-state index contributed by atoms with van der Waals surface area (Å²) in [6.07, 6.45) is 1.13. The van der Waals surface area contributed by atoms with E-state index in [-0.39, 0.29) is 0 Å². The lowest BCUT2D eigenvalue weighted by Crippen LogP contribution is -1.90. The van der Waals surface area contributed by atoms with Crippen molar-refractivity contribution in [3.8, 4) is 11.3 Å². The maximum Gasteiger partial charge on any atom is 0.0811 e.